The molecule has 6 rings (SSSR count). The molecule has 3 heterocycles. The first-order valence-electron chi connectivity index (χ1n) is 15.8. The number of rotatable bonds is 10. The van der Waals surface area contributed by atoms with Gasteiger partial charge in [0.15, 0.2) is 5.82 Å². The van der Waals surface area contributed by atoms with Crippen LogP contribution in [0.4, 0.5) is 0 Å². The SMILES string of the molecule is CC1C=C(C(C)(C)C)SC1C(=O)N[C@@H](Cc1ccc(-c2ncc(-c3ccc(OC4CC4)cc3)cn2)cc1)C(=O)N1CC(C(=O)O)C1. The Morgan fingerprint density at radius 3 is 2.17 bits per heavy atom. The number of nitrogens with one attached hydrogen (secondary N) is 1. The fourth-order valence-electron chi connectivity index (χ4n) is 5.57. The topological polar surface area (TPSA) is 122 Å². The van der Waals surface area contributed by atoms with Crippen LogP contribution < -0.4 is 10.1 Å². The minimum Gasteiger partial charge on any atom is -0.490 e. The smallest absolute Gasteiger partial charge is 0.310 e. The second kappa shape index (κ2) is 12.9. The molecule has 0 radical (unpaired) electrons. The van der Waals surface area contributed by atoms with Crippen molar-refractivity contribution in [3.63, 3.8) is 0 Å². The summed E-state index contributed by atoms with van der Waals surface area (Å²) in [5.74, 6) is -0.446. The summed E-state index contributed by atoms with van der Waals surface area (Å²) in [4.78, 5) is 50.3. The van der Waals surface area contributed by atoms with Gasteiger partial charge in [-0.2, -0.15) is 0 Å². The van der Waals surface area contributed by atoms with E-state index in [1.54, 1.807) is 24.2 Å². The van der Waals surface area contributed by atoms with Gasteiger partial charge in [0.1, 0.15) is 11.8 Å². The molecule has 2 fully saturated rings. The summed E-state index contributed by atoms with van der Waals surface area (Å²) in [5, 5.41) is 12.0. The van der Waals surface area contributed by atoms with Crippen molar-refractivity contribution in [2.75, 3.05) is 13.1 Å². The average Bonchev–Trinajstić information content (AvgIpc) is 3.72. The average molecular weight is 641 g/mol. The highest BCUT2D eigenvalue weighted by atomic mass is 32.2. The monoisotopic (exact) mass is 640 g/mol. The van der Waals surface area contributed by atoms with Gasteiger partial charge in [0.05, 0.1) is 17.3 Å². The fourth-order valence-corrected chi connectivity index (χ4v) is 6.96. The number of nitrogens with zero attached hydrogens (tertiary/aromatic N) is 3. The van der Waals surface area contributed by atoms with Crippen molar-refractivity contribution in [2.45, 2.75) is 64.4 Å². The Labute approximate surface area is 273 Å². The number of ether oxygens (including phenoxy) is 1. The quantitative estimate of drug-likeness (QED) is 0.294. The summed E-state index contributed by atoms with van der Waals surface area (Å²) >= 11 is 1.56. The molecule has 2 N–H and O–H groups in total. The van der Waals surface area contributed by atoms with Gasteiger partial charge >= 0.3 is 5.97 Å². The number of aliphatic carboxylic acids is 1. The van der Waals surface area contributed by atoms with Gasteiger partial charge in [-0.05, 0) is 52.3 Å². The number of hydrogen-bond acceptors (Lipinski definition) is 7. The minimum atomic E-state index is -0.913. The van der Waals surface area contributed by atoms with E-state index in [2.05, 4.69) is 42.1 Å². The third-order valence-corrected chi connectivity index (χ3v) is 10.5. The van der Waals surface area contributed by atoms with Gasteiger partial charge in [0.2, 0.25) is 11.8 Å². The maximum atomic E-state index is 13.5. The van der Waals surface area contributed by atoms with Gasteiger partial charge in [-0.3, -0.25) is 14.4 Å². The van der Waals surface area contributed by atoms with E-state index >= 15 is 0 Å². The number of carbonyl (C=O) groups excluding carboxylic acids is 2. The Kier molecular flexibility index (Phi) is 8.92. The number of amides is 2. The van der Waals surface area contributed by atoms with Crippen LogP contribution in [0, 0.1) is 17.3 Å². The van der Waals surface area contributed by atoms with Crippen molar-refractivity contribution in [1.29, 1.82) is 0 Å². The van der Waals surface area contributed by atoms with Crippen molar-refractivity contribution < 1.29 is 24.2 Å². The van der Waals surface area contributed by atoms with Gasteiger partial charge in [0.25, 0.3) is 0 Å². The van der Waals surface area contributed by atoms with Crippen LogP contribution in [0.3, 0.4) is 0 Å². The van der Waals surface area contributed by atoms with Crippen molar-refractivity contribution >= 4 is 29.5 Å². The molecule has 3 atom stereocenters. The lowest BCUT2D eigenvalue weighted by atomic mass is 9.93. The highest BCUT2D eigenvalue weighted by Gasteiger charge is 2.41. The first-order chi connectivity index (χ1) is 21.9. The van der Waals surface area contributed by atoms with Gasteiger partial charge in [-0.15, -0.1) is 11.8 Å². The van der Waals surface area contributed by atoms with Crippen LogP contribution >= 0.6 is 11.8 Å². The molecule has 0 bridgehead atoms. The van der Waals surface area contributed by atoms with Crippen LogP contribution in [-0.2, 0) is 20.8 Å². The number of benzene rings is 2. The standard InChI is InChI=1S/C36H40N4O5S/c1-21-15-30(36(2,3)4)46-31(21)33(41)39-29(34(42)40-19-26(20-40)35(43)44)16-22-5-7-24(8-6-22)32-37-17-25(18-38-32)23-9-11-27(12-10-23)45-28-13-14-28/h5-12,15,17-18,21,26,28-29,31H,13-14,16,19-20H2,1-4H3,(H,39,41)(H,43,44)/t21?,29-,31?/m0/s1. The number of carboxylic acids is 1. The maximum absolute atomic E-state index is 13.5. The van der Waals surface area contributed by atoms with Gasteiger partial charge in [-0.25, -0.2) is 9.97 Å². The normalized spacial score (nSPS) is 20.4. The molecule has 2 unspecified atom stereocenters. The van der Waals surface area contributed by atoms with E-state index < -0.39 is 17.9 Å². The Morgan fingerprint density at radius 2 is 1.61 bits per heavy atom. The summed E-state index contributed by atoms with van der Waals surface area (Å²) in [6, 6.07) is 14.8. The number of allylic oxidation sites excluding steroid dienone is 2. The second-order valence-corrected chi connectivity index (χ2v) is 14.7. The predicted molar refractivity (Wildman–Crippen MR) is 178 cm³/mol. The van der Waals surface area contributed by atoms with Crippen molar-refractivity contribution in [1.82, 2.24) is 20.2 Å². The number of carboxylic acid groups (broad SMARTS) is 1. The molecule has 0 spiro atoms. The van der Waals surface area contributed by atoms with Gasteiger partial charge in [-0.1, -0.05) is 70.2 Å². The Hall–Kier alpha value is -4.18. The lowest BCUT2D eigenvalue weighted by molar-refractivity contribution is -0.154. The molecular formula is C36H40N4O5S. The van der Waals surface area contributed by atoms with E-state index in [1.165, 1.54) is 4.90 Å². The minimum absolute atomic E-state index is 0.0294. The highest BCUT2D eigenvalue weighted by molar-refractivity contribution is 8.04. The second-order valence-electron chi connectivity index (χ2n) is 13.6. The van der Waals surface area contributed by atoms with Crippen LogP contribution in [0.1, 0.15) is 46.1 Å². The molecule has 1 aromatic heterocycles. The van der Waals surface area contributed by atoms with E-state index in [4.69, 9.17) is 4.74 Å². The molecule has 1 saturated carbocycles. The van der Waals surface area contributed by atoms with E-state index in [1.807, 2.05) is 55.5 Å². The first-order valence-corrected chi connectivity index (χ1v) is 16.7. The van der Waals surface area contributed by atoms with E-state index in [0.29, 0.717) is 11.9 Å². The van der Waals surface area contributed by atoms with Gasteiger partial charge < -0.3 is 20.1 Å². The van der Waals surface area contributed by atoms with E-state index in [0.717, 1.165) is 45.8 Å². The largest absolute Gasteiger partial charge is 0.490 e. The number of thioether (sulfide) groups is 1. The number of likely N-dealkylation sites (tertiary alicyclic amines) is 1. The number of hydrogen-bond donors (Lipinski definition) is 2. The summed E-state index contributed by atoms with van der Waals surface area (Å²) in [6.45, 7) is 8.70. The molecule has 1 aliphatic carbocycles. The zero-order chi connectivity index (χ0) is 32.6. The molecule has 9 nitrogen and oxygen atoms in total. The zero-order valence-corrected chi connectivity index (χ0v) is 27.4. The molecular weight excluding hydrogens is 600 g/mol. The summed E-state index contributed by atoms with van der Waals surface area (Å²) < 4.78 is 5.84. The highest BCUT2D eigenvalue weighted by Crippen LogP contribution is 2.45. The molecule has 3 aliphatic rings. The molecule has 10 heteroatoms. The lowest BCUT2D eigenvalue weighted by Gasteiger charge is -2.39. The third kappa shape index (κ3) is 7.28. The van der Waals surface area contributed by atoms with E-state index in [-0.39, 0.29) is 47.9 Å². The van der Waals surface area contributed by atoms with Crippen molar-refractivity contribution in [3.05, 3.63) is 77.5 Å². The van der Waals surface area contributed by atoms with Crippen LogP contribution in [0.5, 0.6) is 5.75 Å². The summed E-state index contributed by atoms with van der Waals surface area (Å²) in [7, 11) is 0. The first kappa shape index (κ1) is 31.8. The summed E-state index contributed by atoms with van der Waals surface area (Å²) in [5.41, 5.74) is 3.55. The Bertz CT molecular complexity index is 1620. The van der Waals surface area contributed by atoms with Crippen LogP contribution in [0.15, 0.2) is 71.9 Å². The predicted octanol–water partition coefficient (Wildman–Crippen LogP) is 5.60. The molecule has 3 aromatic rings. The molecule has 1 saturated heterocycles. The molecule has 46 heavy (non-hydrogen) atoms. The number of carbonyl (C=O) groups is 3. The molecule has 2 aromatic carbocycles. The van der Waals surface area contributed by atoms with Gasteiger partial charge in [0, 0.05) is 43.0 Å². The van der Waals surface area contributed by atoms with Crippen LogP contribution in [0.25, 0.3) is 22.5 Å². The van der Waals surface area contributed by atoms with Crippen LogP contribution in [-0.4, -0.2) is 68.2 Å². The van der Waals surface area contributed by atoms with Crippen LogP contribution in [0.2, 0.25) is 0 Å². The van der Waals surface area contributed by atoms with Crippen molar-refractivity contribution in [2.24, 2.45) is 17.3 Å². The summed E-state index contributed by atoms with van der Waals surface area (Å²) in [6.07, 6.45) is 8.63. The maximum Gasteiger partial charge on any atom is 0.310 e. The molecule has 240 valence electrons. The third-order valence-electron chi connectivity index (χ3n) is 8.62. The van der Waals surface area contributed by atoms with E-state index in [9.17, 15) is 19.5 Å². The number of aromatic nitrogens is 2. The molecule has 2 aliphatic heterocycles. The van der Waals surface area contributed by atoms with Crippen molar-refractivity contribution in [3.8, 4) is 28.3 Å². The zero-order valence-electron chi connectivity index (χ0n) is 26.6. The lowest BCUT2D eigenvalue weighted by Crippen LogP contribution is -2.59. The molecule has 2 amide bonds. The Balaban J connectivity index is 1.12. The fraction of sp³-hybridized carbons (Fsp3) is 0.417. The Morgan fingerprint density at radius 1 is 0.978 bits per heavy atom.